The second-order valence-corrected chi connectivity index (χ2v) is 6.02. The number of carbonyl (C=O) groups is 1. The minimum Gasteiger partial charge on any atom is -0.481 e. The molecule has 6 nitrogen and oxygen atoms in total. The predicted octanol–water partition coefficient (Wildman–Crippen LogP) is 3.66. The highest BCUT2D eigenvalue weighted by molar-refractivity contribution is 7.99. The van der Waals surface area contributed by atoms with Gasteiger partial charge in [0.05, 0.1) is 0 Å². The molecule has 0 fully saturated rings. The first-order chi connectivity index (χ1) is 10.4. The minimum absolute atomic E-state index is 0.132. The standard InChI is InChI=1S/C14H15ClN2O4S/c1-7-4-10(5-8(2)12(7)15)20-9(3)13-16-17-14(21-13)22-6-11(18)19/h4-5,9H,6H2,1-3H3,(H,18,19). The van der Waals surface area contributed by atoms with Crippen LogP contribution in [-0.2, 0) is 4.79 Å². The number of nitrogens with zero attached hydrogens (tertiary/aromatic N) is 2. The first-order valence-electron chi connectivity index (χ1n) is 6.48. The van der Waals surface area contributed by atoms with Crippen LogP contribution in [0.1, 0.15) is 30.0 Å². The Kier molecular flexibility index (Phi) is 5.31. The third-order valence-electron chi connectivity index (χ3n) is 2.81. The highest BCUT2D eigenvalue weighted by Crippen LogP contribution is 2.29. The van der Waals surface area contributed by atoms with Gasteiger partial charge in [0.15, 0.2) is 6.10 Å². The molecule has 118 valence electrons. The van der Waals surface area contributed by atoms with Crippen LogP contribution in [-0.4, -0.2) is 27.0 Å². The van der Waals surface area contributed by atoms with Crippen LogP contribution in [0.25, 0.3) is 0 Å². The topological polar surface area (TPSA) is 85.5 Å². The summed E-state index contributed by atoms with van der Waals surface area (Å²) in [7, 11) is 0. The molecular formula is C14H15ClN2O4S. The predicted molar refractivity (Wildman–Crippen MR) is 82.6 cm³/mol. The monoisotopic (exact) mass is 342 g/mol. The summed E-state index contributed by atoms with van der Waals surface area (Å²) < 4.78 is 11.2. The third kappa shape index (κ3) is 4.14. The molecule has 1 aromatic carbocycles. The average Bonchev–Trinajstić information content (AvgIpc) is 2.91. The number of ether oxygens (including phenoxy) is 1. The van der Waals surface area contributed by atoms with Crippen molar-refractivity contribution in [3.8, 4) is 5.75 Å². The Labute approximate surface area is 136 Å². The number of benzene rings is 1. The van der Waals surface area contributed by atoms with E-state index in [9.17, 15) is 4.79 Å². The van der Waals surface area contributed by atoms with Crippen LogP contribution < -0.4 is 4.74 Å². The molecule has 0 radical (unpaired) electrons. The lowest BCUT2D eigenvalue weighted by Crippen LogP contribution is -2.04. The van der Waals surface area contributed by atoms with Gasteiger partial charge in [0.2, 0.25) is 0 Å². The zero-order valence-electron chi connectivity index (χ0n) is 12.3. The zero-order chi connectivity index (χ0) is 16.3. The molecule has 1 N–H and O–H groups in total. The summed E-state index contributed by atoms with van der Waals surface area (Å²) in [6, 6.07) is 3.67. The van der Waals surface area contributed by atoms with Crippen molar-refractivity contribution >= 4 is 29.3 Å². The highest BCUT2D eigenvalue weighted by Gasteiger charge is 2.17. The second kappa shape index (κ2) is 7.02. The number of thioether (sulfide) groups is 1. The van der Waals surface area contributed by atoms with Crippen molar-refractivity contribution in [2.24, 2.45) is 0 Å². The van der Waals surface area contributed by atoms with Gasteiger partial charge in [-0.25, -0.2) is 0 Å². The molecule has 0 amide bonds. The van der Waals surface area contributed by atoms with Gasteiger partial charge in [-0.1, -0.05) is 23.4 Å². The Morgan fingerprint density at radius 2 is 2.05 bits per heavy atom. The molecule has 0 saturated carbocycles. The molecule has 0 saturated heterocycles. The Hall–Kier alpha value is -1.73. The number of aliphatic carboxylic acids is 1. The van der Waals surface area contributed by atoms with Crippen LogP contribution in [0, 0.1) is 13.8 Å². The molecular weight excluding hydrogens is 328 g/mol. The molecule has 8 heteroatoms. The molecule has 0 aliphatic heterocycles. The molecule has 1 heterocycles. The summed E-state index contributed by atoms with van der Waals surface area (Å²) in [5.41, 5.74) is 1.85. The third-order valence-corrected chi connectivity index (χ3v) is 4.21. The van der Waals surface area contributed by atoms with E-state index >= 15 is 0 Å². The van der Waals surface area contributed by atoms with Crippen molar-refractivity contribution in [1.82, 2.24) is 10.2 Å². The van der Waals surface area contributed by atoms with Gasteiger partial charge < -0.3 is 14.3 Å². The zero-order valence-corrected chi connectivity index (χ0v) is 13.9. The molecule has 0 bridgehead atoms. The van der Waals surface area contributed by atoms with Crippen molar-refractivity contribution in [3.63, 3.8) is 0 Å². The maximum absolute atomic E-state index is 10.5. The summed E-state index contributed by atoms with van der Waals surface area (Å²) in [5, 5.41) is 17.2. The van der Waals surface area contributed by atoms with E-state index in [4.69, 9.17) is 25.9 Å². The van der Waals surface area contributed by atoms with E-state index in [-0.39, 0.29) is 16.9 Å². The van der Waals surface area contributed by atoms with Crippen LogP contribution in [0.2, 0.25) is 5.02 Å². The Bertz CT molecular complexity index is 666. The number of aryl methyl sites for hydroxylation is 2. The number of carboxylic acids is 1. The minimum atomic E-state index is -0.943. The van der Waals surface area contributed by atoms with Crippen LogP contribution in [0.15, 0.2) is 21.8 Å². The van der Waals surface area contributed by atoms with E-state index in [1.807, 2.05) is 26.0 Å². The number of hydrogen-bond donors (Lipinski definition) is 1. The number of hydrogen-bond acceptors (Lipinski definition) is 6. The van der Waals surface area contributed by atoms with Crippen LogP contribution in [0.5, 0.6) is 5.75 Å². The fourth-order valence-corrected chi connectivity index (χ4v) is 2.39. The first kappa shape index (κ1) is 16.6. The van der Waals surface area contributed by atoms with Gasteiger partial charge in [-0.05, 0) is 44.0 Å². The summed E-state index contributed by atoms with van der Waals surface area (Å²) >= 11 is 7.09. The normalized spacial score (nSPS) is 12.2. The van der Waals surface area contributed by atoms with Crippen molar-refractivity contribution in [1.29, 1.82) is 0 Å². The summed E-state index contributed by atoms with van der Waals surface area (Å²) in [4.78, 5) is 10.5. The number of halogens is 1. The molecule has 0 spiro atoms. The quantitative estimate of drug-likeness (QED) is 0.802. The van der Waals surface area contributed by atoms with E-state index < -0.39 is 12.1 Å². The Morgan fingerprint density at radius 3 is 2.64 bits per heavy atom. The maximum atomic E-state index is 10.5. The van der Waals surface area contributed by atoms with Gasteiger partial charge in [0, 0.05) is 5.02 Å². The molecule has 22 heavy (non-hydrogen) atoms. The SMILES string of the molecule is Cc1cc(OC(C)c2nnc(SCC(=O)O)o2)cc(C)c1Cl. The van der Waals surface area contributed by atoms with E-state index in [1.165, 1.54) is 0 Å². The highest BCUT2D eigenvalue weighted by atomic mass is 35.5. The molecule has 1 atom stereocenters. The van der Waals surface area contributed by atoms with Gasteiger partial charge in [0.25, 0.3) is 11.1 Å². The molecule has 2 aromatic rings. The van der Waals surface area contributed by atoms with E-state index in [0.29, 0.717) is 10.8 Å². The number of aromatic nitrogens is 2. The molecule has 1 unspecified atom stereocenters. The Morgan fingerprint density at radius 1 is 1.41 bits per heavy atom. The molecule has 2 rings (SSSR count). The van der Waals surface area contributed by atoms with Crippen molar-refractivity contribution < 1.29 is 19.1 Å². The van der Waals surface area contributed by atoms with Gasteiger partial charge in [-0.2, -0.15) is 0 Å². The lowest BCUT2D eigenvalue weighted by Gasteiger charge is -2.13. The summed E-state index contributed by atoms with van der Waals surface area (Å²) in [6.45, 7) is 5.58. The lowest BCUT2D eigenvalue weighted by molar-refractivity contribution is -0.133. The fraction of sp³-hybridized carbons (Fsp3) is 0.357. The number of carboxylic acid groups (broad SMARTS) is 1. The van der Waals surface area contributed by atoms with E-state index in [2.05, 4.69) is 10.2 Å². The van der Waals surface area contributed by atoms with Crippen molar-refractivity contribution in [2.75, 3.05) is 5.75 Å². The van der Waals surface area contributed by atoms with E-state index in [1.54, 1.807) is 6.92 Å². The van der Waals surface area contributed by atoms with Crippen LogP contribution >= 0.6 is 23.4 Å². The molecule has 1 aromatic heterocycles. The van der Waals surface area contributed by atoms with Gasteiger partial charge in [-0.3, -0.25) is 4.79 Å². The Balaban J connectivity index is 2.06. The van der Waals surface area contributed by atoms with Crippen molar-refractivity contribution in [2.45, 2.75) is 32.1 Å². The van der Waals surface area contributed by atoms with Gasteiger partial charge in [-0.15, -0.1) is 10.2 Å². The average molecular weight is 343 g/mol. The van der Waals surface area contributed by atoms with E-state index in [0.717, 1.165) is 22.9 Å². The van der Waals surface area contributed by atoms with Gasteiger partial charge in [0.1, 0.15) is 11.5 Å². The lowest BCUT2D eigenvalue weighted by atomic mass is 10.1. The number of rotatable bonds is 6. The summed E-state index contributed by atoms with van der Waals surface area (Å²) in [5.74, 6) is -0.129. The smallest absolute Gasteiger partial charge is 0.314 e. The summed E-state index contributed by atoms with van der Waals surface area (Å²) in [6.07, 6.45) is -0.452. The van der Waals surface area contributed by atoms with Crippen LogP contribution in [0.3, 0.4) is 0 Å². The second-order valence-electron chi connectivity index (χ2n) is 4.72. The van der Waals surface area contributed by atoms with Gasteiger partial charge >= 0.3 is 5.97 Å². The first-order valence-corrected chi connectivity index (χ1v) is 7.84. The fourth-order valence-electron chi connectivity index (χ4n) is 1.80. The maximum Gasteiger partial charge on any atom is 0.314 e. The largest absolute Gasteiger partial charge is 0.481 e. The molecule has 0 aliphatic carbocycles. The molecule has 0 aliphatic rings. The van der Waals surface area contributed by atoms with Crippen LogP contribution in [0.4, 0.5) is 0 Å². The van der Waals surface area contributed by atoms with Crippen molar-refractivity contribution in [3.05, 3.63) is 34.2 Å².